The minimum Gasteiger partial charge on any atom is -0.301 e. The fraction of sp³-hybridized carbons (Fsp3) is 0.273. The molecule has 2 heterocycles. The SMILES string of the molecule is CC(C)(C(=O)Nc1nccs1)c1cc(F)cs1. The molecule has 2 aromatic heterocycles. The molecule has 2 rings (SSSR count). The van der Waals surface area contributed by atoms with Gasteiger partial charge in [-0.15, -0.1) is 22.7 Å². The summed E-state index contributed by atoms with van der Waals surface area (Å²) in [4.78, 5) is 16.8. The van der Waals surface area contributed by atoms with Gasteiger partial charge in [-0.25, -0.2) is 9.37 Å². The zero-order valence-corrected chi connectivity index (χ0v) is 11.0. The number of thiophene rings is 1. The molecule has 0 radical (unpaired) electrons. The van der Waals surface area contributed by atoms with E-state index in [4.69, 9.17) is 0 Å². The molecule has 0 aliphatic heterocycles. The van der Waals surface area contributed by atoms with E-state index in [1.54, 1.807) is 25.4 Å². The first-order valence-corrected chi connectivity index (χ1v) is 6.71. The molecule has 90 valence electrons. The van der Waals surface area contributed by atoms with Gasteiger partial charge >= 0.3 is 0 Å². The van der Waals surface area contributed by atoms with E-state index in [1.807, 2.05) is 0 Å². The van der Waals surface area contributed by atoms with Crippen LogP contribution >= 0.6 is 22.7 Å². The van der Waals surface area contributed by atoms with Crippen LogP contribution in [0.15, 0.2) is 23.0 Å². The molecule has 1 amide bonds. The van der Waals surface area contributed by atoms with Crippen molar-refractivity contribution in [3.05, 3.63) is 33.7 Å². The predicted molar refractivity (Wildman–Crippen MR) is 68.0 cm³/mol. The second-order valence-electron chi connectivity index (χ2n) is 4.05. The number of hydrogen-bond acceptors (Lipinski definition) is 4. The monoisotopic (exact) mass is 270 g/mol. The number of rotatable bonds is 3. The molecular formula is C11H11FN2OS2. The van der Waals surface area contributed by atoms with Gasteiger partial charge < -0.3 is 5.32 Å². The summed E-state index contributed by atoms with van der Waals surface area (Å²) in [6.45, 7) is 3.53. The Morgan fingerprint density at radius 3 is 2.76 bits per heavy atom. The van der Waals surface area contributed by atoms with E-state index < -0.39 is 5.41 Å². The van der Waals surface area contributed by atoms with Crippen LogP contribution in [0.2, 0.25) is 0 Å². The van der Waals surface area contributed by atoms with Crippen LogP contribution in [0.4, 0.5) is 9.52 Å². The first-order valence-electron chi connectivity index (χ1n) is 4.95. The lowest BCUT2D eigenvalue weighted by Crippen LogP contribution is -2.33. The third kappa shape index (κ3) is 2.53. The third-order valence-electron chi connectivity index (χ3n) is 2.40. The van der Waals surface area contributed by atoms with Crippen LogP contribution in [0.3, 0.4) is 0 Å². The summed E-state index contributed by atoms with van der Waals surface area (Å²) in [5, 5.41) is 6.46. The number of halogens is 1. The van der Waals surface area contributed by atoms with Crippen LogP contribution in [0, 0.1) is 5.82 Å². The Labute approximate surface area is 106 Å². The number of nitrogens with zero attached hydrogens (tertiary/aromatic N) is 1. The molecule has 0 unspecified atom stereocenters. The van der Waals surface area contributed by atoms with E-state index >= 15 is 0 Å². The largest absolute Gasteiger partial charge is 0.301 e. The second-order valence-corrected chi connectivity index (χ2v) is 5.85. The van der Waals surface area contributed by atoms with Crippen LogP contribution in [-0.4, -0.2) is 10.9 Å². The fourth-order valence-corrected chi connectivity index (χ4v) is 2.69. The average molecular weight is 270 g/mol. The molecule has 0 aliphatic carbocycles. The van der Waals surface area contributed by atoms with Crippen molar-refractivity contribution in [3.63, 3.8) is 0 Å². The van der Waals surface area contributed by atoms with Gasteiger partial charge in [0.2, 0.25) is 5.91 Å². The molecule has 0 atom stereocenters. The van der Waals surface area contributed by atoms with Crippen LogP contribution in [-0.2, 0) is 10.2 Å². The van der Waals surface area contributed by atoms with E-state index in [-0.39, 0.29) is 11.7 Å². The fourth-order valence-electron chi connectivity index (χ4n) is 1.29. The molecule has 17 heavy (non-hydrogen) atoms. The van der Waals surface area contributed by atoms with Gasteiger partial charge in [-0.05, 0) is 19.9 Å². The highest BCUT2D eigenvalue weighted by Gasteiger charge is 2.32. The summed E-state index contributed by atoms with van der Waals surface area (Å²) in [7, 11) is 0. The number of nitrogens with one attached hydrogen (secondary N) is 1. The van der Waals surface area contributed by atoms with Gasteiger partial charge in [0.1, 0.15) is 5.82 Å². The second kappa shape index (κ2) is 4.54. The molecular weight excluding hydrogens is 259 g/mol. The van der Waals surface area contributed by atoms with Crippen LogP contribution in [0.25, 0.3) is 0 Å². The highest BCUT2D eigenvalue weighted by atomic mass is 32.1. The highest BCUT2D eigenvalue weighted by Crippen LogP contribution is 2.30. The zero-order valence-electron chi connectivity index (χ0n) is 9.36. The van der Waals surface area contributed by atoms with E-state index in [0.717, 1.165) is 0 Å². The van der Waals surface area contributed by atoms with Crippen molar-refractivity contribution in [2.75, 3.05) is 5.32 Å². The Bertz CT molecular complexity index is 519. The molecule has 0 spiro atoms. The Hall–Kier alpha value is -1.27. The molecule has 1 N–H and O–H groups in total. The van der Waals surface area contributed by atoms with Gasteiger partial charge in [0.25, 0.3) is 0 Å². The lowest BCUT2D eigenvalue weighted by molar-refractivity contribution is -0.120. The van der Waals surface area contributed by atoms with Crippen LogP contribution < -0.4 is 5.32 Å². The predicted octanol–water partition coefficient (Wildman–Crippen LogP) is 3.26. The number of carbonyl (C=O) groups excluding carboxylic acids is 1. The van der Waals surface area contributed by atoms with Crippen molar-refractivity contribution in [1.29, 1.82) is 0 Å². The topological polar surface area (TPSA) is 42.0 Å². The van der Waals surface area contributed by atoms with Gasteiger partial charge in [0.15, 0.2) is 5.13 Å². The molecule has 0 aromatic carbocycles. The third-order valence-corrected chi connectivity index (χ3v) is 4.32. The summed E-state index contributed by atoms with van der Waals surface area (Å²) in [5.74, 6) is -0.491. The van der Waals surface area contributed by atoms with Crippen molar-refractivity contribution in [1.82, 2.24) is 4.98 Å². The molecule has 0 saturated carbocycles. The Morgan fingerprint density at radius 1 is 1.47 bits per heavy atom. The van der Waals surface area contributed by atoms with Crippen molar-refractivity contribution in [2.45, 2.75) is 19.3 Å². The van der Waals surface area contributed by atoms with Crippen molar-refractivity contribution < 1.29 is 9.18 Å². The van der Waals surface area contributed by atoms with Crippen molar-refractivity contribution >= 4 is 33.7 Å². The van der Waals surface area contributed by atoms with E-state index in [2.05, 4.69) is 10.3 Å². The summed E-state index contributed by atoms with van der Waals surface area (Å²) >= 11 is 2.60. The number of hydrogen-bond donors (Lipinski definition) is 1. The maximum Gasteiger partial charge on any atom is 0.237 e. The summed E-state index contributed by atoms with van der Waals surface area (Å²) in [6.07, 6.45) is 1.62. The number of thiazole rings is 1. The van der Waals surface area contributed by atoms with E-state index in [1.165, 1.54) is 34.1 Å². The number of anilines is 1. The molecule has 0 bridgehead atoms. The van der Waals surface area contributed by atoms with Gasteiger partial charge in [-0.2, -0.15) is 0 Å². The quantitative estimate of drug-likeness (QED) is 0.930. The minimum absolute atomic E-state index is 0.186. The smallest absolute Gasteiger partial charge is 0.237 e. The Morgan fingerprint density at radius 2 is 2.24 bits per heavy atom. The number of amides is 1. The Balaban J connectivity index is 2.18. The lowest BCUT2D eigenvalue weighted by atomic mass is 9.90. The molecule has 6 heteroatoms. The average Bonchev–Trinajstić information content (AvgIpc) is 2.89. The zero-order chi connectivity index (χ0) is 12.5. The summed E-state index contributed by atoms with van der Waals surface area (Å²) < 4.78 is 13.0. The Kier molecular flexibility index (Phi) is 3.26. The van der Waals surface area contributed by atoms with Crippen molar-refractivity contribution in [2.24, 2.45) is 0 Å². The molecule has 0 fully saturated rings. The van der Waals surface area contributed by atoms with E-state index in [0.29, 0.717) is 10.0 Å². The minimum atomic E-state index is -0.763. The molecule has 3 nitrogen and oxygen atoms in total. The van der Waals surface area contributed by atoms with Crippen LogP contribution in [0.1, 0.15) is 18.7 Å². The van der Waals surface area contributed by atoms with E-state index in [9.17, 15) is 9.18 Å². The van der Waals surface area contributed by atoms with Gasteiger partial charge in [0.05, 0.1) is 5.41 Å². The first-order chi connectivity index (χ1) is 8.00. The number of aromatic nitrogens is 1. The maximum absolute atomic E-state index is 13.0. The standard InChI is InChI=1S/C11H11FN2OS2/c1-11(2,8-5-7(12)6-17-8)9(15)14-10-13-3-4-16-10/h3-6H,1-2H3,(H,13,14,15). The van der Waals surface area contributed by atoms with Gasteiger partial charge in [-0.1, -0.05) is 0 Å². The normalized spacial score (nSPS) is 11.5. The van der Waals surface area contributed by atoms with Gasteiger partial charge in [-0.3, -0.25) is 4.79 Å². The lowest BCUT2D eigenvalue weighted by Gasteiger charge is -2.21. The maximum atomic E-state index is 13.0. The number of carbonyl (C=O) groups is 1. The van der Waals surface area contributed by atoms with Crippen LogP contribution in [0.5, 0.6) is 0 Å². The molecule has 0 saturated heterocycles. The van der Waals surface area contributed by atoms with Crippen molar-refractivity contribution in [3.8, 4) is 0 Å². The highest BCUT2D eigenvalue weighted by molar-refractivity contribution is 7.13. The van der Waals surface area contributed by atoms with Gasteiger partial charge in [0, 0.05) is 21.8 Å². The molecule has 2 aromatic rings. The summed E-state index contributed by atoms with van der Waals surface area (Å²) in [6, 6.07) is 1.39. The first kappa shape index (κ1) is 12.2. The summed E-state index contributed by atoms with van der Waals surface area (Å²) in [5.41, 5.74) is -0.763. The molecule has 0 aliphatic rings.